The topological polar surface area (TPSA) is 61.9 Å². The second kappa shape index (κ2) is 6.72. The standard InChI is InChI=1S/C15H19ClN4O/c1-4-6-13-17-14(19-18-13)15(21)20(3)10(2)11-7-5-8-12(16)9-11/h5,7-10H,4,6H2,1-3H3,(H,17,18,19). The summed E-state index contributed by atoms with van der Waals surface area (Å²) in [6.07, 6.45) is 1.74. The van der Waals surface area contributed by atoms with Crippen LogP contribution in [-0.2, 0) is 6.42 Å². The van der Waals surface area contributed by atoms with Gasteiger partial charge in [0.05, 0.1) is 6.04 Å². The van der Waals surface area contributed by atoms with E-state index in [1.54, 1.807) is 11.9 Å². The van der Waals surface area contributed by atoms with Crippen LogP contribution >= 0.6 is 11.6 Å². The zero-order chi connectivity index (χ0) is 15.4. The molecule has 0 fully saturated rings. The zero-order valence-electron chi connectivity index (χ0n) is 12.4. The maximum atomic E-state index is 12.4. The van der Waals surface area contributed by atoms with Crippen LogP contribution < -0.4 is 0 Å². The van der Waals surface area contributed by atoms with E-state index >= 15 is 0 Å². The Morgan fingerprint density at radius 2 is 2.24 bits per heavy atom. The van der Waals surface area contributed by atoms with Crippen LogP contribution in [0.2, 0.25) is 5.02 Å². The van der Waals surface area contributed by atoms with Gasteiger partial charge in [0.25, 0.3) is 5.91 Å². The number of hydrogen-bond acceptors (Lipinski definition) is 3. The predicted octanol–water partition coefficient (Wildman–Crippen LogP) is 3.24. The molecule has 0 spiro atoms. The van der Waals surface area contributed by atoms with Crippen molar-refractivity contribution in [1.82, 2.24) is 20.1 Å². The minimum atomic E-state index is -0.207. The monoisotopic (exact) mass is 306 g/mol. The van der Waals surface area contributed by atoms with Crippen LogP contribution in [-0.4, -0.2) is 33.0 Å². The van der Waals surface area contributed by atoms with E-state index in [1.807, 2.05) is 31.2 Å². The Morgan fingerprint density at radius 3 is 2.90 bits per heavy atom. The van der Waals surface area contributed by atoms with E-state index in [0.717, 1.165) is 24.2 Å². The summed E-state index contributed by atoms with van der Waals surface area (Å²) in [5, 5.41) is 7.45. The Balaban J connectivity index is 2.14. The van der Waals surface area contributed by atoms with E-state index in [9.17, 15) is 4.79 Å². The molecule has 0 aliphatic heterocycles. The Kier molecular flexibility index (Phi) is 4.96. The average molecular weight is 307 g/mol. The fourth-order valence-electron chi connectivity index (χ4n) is 2.06. The number of halogens is 1. The summed E-state index contributed by atoms with van der Waals surface area (Å²) in [5.41, 5.74) is 0.975. The summed E-state index contributed by atoms with van der Waals surface area (Å²) in [6, 6.07) is 7.38. The number of amides is 1. The third-order valence-electron chi connectivity index (χ3n) is 3.44. The van der Waals surface area contributed by atoms with Crippen molar-refractivity contribution in [1.29, 1.82) is 0 Å². The van der Waals surface area contributed by atoms with Crippen molar-refractivity contribution < 1.29 is 4.79 Å². The molecule has 1 amide bonds. The molecule has 0 radical (unpaired) electrons. The number of hydrogen-bond donors (Lipinski definition) is 1. The molecule has 2 rings (SSSR count). The van der Waals surface area contributed by atoms with Crippen LogP contribution in [0.1, 0.15) is 48.3 Å². The highest BCUT2D eigenvalue weighted by atomic mass is 35.5. The second-order valence-corrected chi connectivity index (χ2v) is 5.44. The largest absolute Gasteiger partial charge is 0.332 e. The molecule has 5 nitrogen and oxygen atoms in total. The van der Waals surface area contributed by atoms with Crippen molar-refractivity contribution in [2.75, 3.05) is 7.05 Å². The fourth-order valence-corrected chi connectivity index (χ4v) is 2.26. The lowest BCUT2D eigenvalue weighted by Gasteiger charge is -2.24. The molecule has 2 aromatic rings. The minimum Gasteiger partial charge on any atom is -0.332 e. The zero-order valence-corrected chi connectivity index (χ0v) is 13.2. The van der Waals surface area contributed by atoms with E-state index < -0.39 is 0 Å². The molecule has 0 aliphatic carbocycles. The summed E-state index contributed by atoms with van der Waals surface area (Å²) >= 11 is 6.00. The first-order valence-corrected chi connectivity index (χ1v) is 7.34. The van der Waals surface area contributed by atoms with E-state index in [2.05, 4.69) is 22.1 Å². The average Bonchev–Trinajstić information content (AvgIpc) is 2.94. The number of benzene rings is 1. The molecule has 0 aliphatic rings. The molecule has 6 heteroatoms. The Bertz CT molecular complexity index is 626. The van der Waals surface area contributed by atoms with Gasteiger partial charge in [0.2, 0.25) is 5.82 Å². The van der Waals surface area contributed by atoms with E-state index in [1.165, 1.54) is 0 Å². The lowest BCUT2D eigenvalue weighted by molar-refractivity contribution is 0.0730. The number of aryl methyl sites for hydroxylation is 1. The normalized spacial score (nSPS) is 12.2. The summed E-state index contributed by atoms with van der Waals surface area (Å²) < 4.78 is 0. The SMILES string of the molecule is CCCc1nc(C(=O)N(C)C(C)c2cccc(Cl)c2)n[nH]1. The lowest BCUT2D eigenvalue weighted by atomic mass is 10.1. The van der Waals surface area contributed by atoms with Crippen molar-refractivity contribution in [2.24, 2.45) is 0 Å². The molecule has 1 heterocycles. The van der Waals surface area contributed by atoms with Gasteiger partial charge in [-0.15, -0.1) is 5.10 Å². The molecular formula is C15H19ClN4O. The van der Waals surface area contributed by atoms with Crippen molar-refractivity contribution in [3.8, 4) is 0 Å². The molecule has 0 bridgehead atoms. The first-order chi connectivity index (χ1) is 10.0. The number of rotatable bonds is 5. The fraction of sp³-hybridized carbons (Fsp3) is 0.400. The van der Waals surface area contributed by atoms with Gasteiger partial charge in [-0.3, -0.25) is 9.89 Å². The summed E-state index contributed by atoms with van der Waals surface area (Å²) in [5.74, 6) is 0.737. The summed E-state index contributed by atoms with van der Waals surface area (Å²) in [4.78, 5) is 18.3. The maximum Gasteiger partial charge on any atom is 0.293 e. The number of carbonyl (C=O) groups excluding carboxylic acids is 1. The molecule has 0 saturated heterocycles. The molecule has 1 aromatic heterocycles. The molecule has 1 aromatic carbocycles. The molecular weight excluding hydrogens is 288 g/mol. The Hall–Kier alpha value is -1.88. The smallest absolute Gasteiger partial charge is 0.293 e. The van der Waals surface area contributed by atoms with Gasteiger partial charge in [0.1, 0.15) is 5.82 Å². The lowest BCUT2D eigenvalue weighted by Crippen LogP contribution is -2.30. The number of nitrogens with one attached hydrogen (secondary N) is 1. The number of carbonyl (C=O) groups is 1. The summed E-state index contributed by atoms with van der Waals surface area (Å²) in [6.45, 7) is 4.00. The third-order valence-corrected chi connectivity index (χ3v) is 3.68. The van der Waals surface area contributed by atoms with Crippen LogP contribution in [0.5, 0.6) is 0 Å². The van der Waals surface area contributed by atoms with Gasteiger partial charge in [0, 0.05) is 18.5 Å². The van der Waals surface area contributed by atoms with Gasteiger partial charge >= 0.3 is 0 Å². The van der Waals surface area contributed by atoms with Gasteiger partial charge in [-0.2, -0.15) is 0 Å². The highest BCUT2D eigenvalue weighted by Crippen LogP contribution is 2.22. The van der Waals surface area contributed by atoms with Crippen molar-refractivity contribution in [3.63, 3.8) is 0 Å². The number of aromatic nitrogens is 3. The van der Waals surface area contributed by atoms with Crippen LogP contribution in [0.25, 0.3) is 0 Å². The van der Waals surface area contributed by atoms with Crippen molar-refractivity contribution >= 4 is 17.5 Å². The quantitative estimate of drug-likeness (QED) is 0.922. The highest BCUT2D eigenvalue weighted by Gasteiger charge is 2.22. The minimum absolute atomic E-state index is 0.107. The van der Waals surface area contributed by atoms with E-state index in [0.29, 0.717) is 5.02 Å². The second-order valence-electron chi connectivity index (χ2n) is 5.00. The molecule has 112 valence electrons. The first-order valence-electron chi connectivity index (χ1n) is 6.96. The number of nitrogens with zero attached hydrogens (tertiary/aromatic N) is 3. The van der Waals surface area contributed by atoms with Gasteiger partial charge in [-0.05, 0) is 31.0 Å². The van der Waals surface area contributed by atoms with Crippen LogP contribution in [0.4, 0.5) is 0 Å². The van der Waals surface area contributed by atoms with Crippen molar-refractivity contribution in [2.45, 2.75) is 32.7 Å². The maximum absolute atomic E-state index is 12.4. The Morgan fingerprint density at radius 1 is 1.48 bits per heavy atom. The van der Waals surface area contributed by atoms with Gasteiger partial charge < -0.3 is 4.90 Å². The van der Waals surface area contributed by atoms with Gasteiger partial charge in [0.15, 0.2) is 0 Å². The number of aromatic amines is 1. The highest BCUT2D eigenvalue weighted by molar-refractivity contribution is 6.30. The van der Waals surface area contributed by atoms with Crippen LogP contribution in [0, 0.1) is 0 Å². The van der Waals surface area contributed by atoms with E-state index in [4.69, 9.17) is 11.6 Å². The third kappa shape index (κ3) is 3.61. The van der Waals surface area contributed by atoms with Crippen molar-refractivity contribution in [3.05, 3.63) is 46.5 Å². The van der Waals surface area contributed by atoms with Gasteiger partial charge in [-0.1, -0.05) is 30.7 Å². The molecule has 0 saturated carbocycles. The molecule has 1 unspecified atom stereocenters. The number of H-pyrrole nitrogens is 1. The molecule has 1 N–H and O–H groups in total. The van der Waals surface area contributed by atoms with Gasteiger partial charge in [-0.25, -0.2) is 4.98 Å². The van der Waals surface area contributed by atoms with E-state index in [-0.39, 0.29) is 17.8 Å². The van der Waals surface area contributed by atoms with Crippen LogP contribution in [0.15, 0.2) is 24.3 Å². The Labute approximate surface area is 129 Å². The molecule has 1 atom stereocenters. The molecule has 21 heavy (non-hydrogen) atoms. The van der Waals surface area contributed by atoms with Crippen LogP contribution in [0.3, 0.4) is 0 Å². The first kappa shape index (κ1) is 15.5. The predicted molar refractivity (Wildman–Crippen MR) is 82.3 cm³/mol. The summed E-state index contributed by atoms with van der Waals surface area (Å²) in [7, 11) is 1.74.